The van der Waals surface area contributed by atoms with Crippen molar-refractivity contribution in [2.45, 2.75) is 80.1 Å². The van der Waals surface area contributed by atoms with E-state index in [1.54, 1.807) is 16.7 Å². The van der Waals surface area contributed by atoms with Gasteiger partial charge in [-0.3, -0.25) is 9.80 Å². The van der Waals surface area contributed by atoms with E-state index < -0.39 is 0 Å². The molecule has 1 N–H and O–H groups in total. The zero-order valence-corrected chi connectivity index (χ0v) is 25.6. The molecule has 2 spiro atoms. The van der Waals surface area contributed by atoms with Crippen molar-refractivity contribution >= 4 is 11.4 Å². The molecule has 2 aromatic carbocycles. The second kappa shape index (κ2) is 7.83. The van der Waals surface area contributed by atoms with Crippen molar-refractivity contribution in [3.8, 4) is 0 Å². The van der Waals surface area contributed by atoms with Gasteiger partial charge < -0.3 is 19.6 Å². The Morgan fingerprint density at radius 1 is 0.773 bits per heavy atom. The third-order valence-electron chi connectivity index (χ3n) is 15.3. The zero-order valence-electron chi connectivity index (χ0n) is 25.6. The van der Waals surface area contributed by atoms with Crippen molar-refractivity contribution in [2.24, 2.45) is 23.7 Å². The number of hydrogen-bond acceptors (Lipinski definition) is 6. The smallest absolute Gasteiger partial charge is 0.138 e. The van der Waals surface area contributed by atoms with Crippen LogP contribution in [0.1, 0.15) is 43.7 Å². The van der Waals surface area contributed by atoms with Gasteiger partial charge in [0.1, 0.15) is 12.5 Å². The summed E-state index contributed by atoms with van der Waals surface area (Å²) in [5, 5.41) is 10.3. The third kappa shape index (κ3) is 2.37. The molecule has 6 bridgehead atoms. The lowest BCUT2D eigenvalue weighted by atomic mass is 9.51. The van der Waals surface area contributed by atoms with E-state index in [0.717, 1.165) is 19.6 Å². The van der Waals surface area contributed by atoms with Crippen molar-refractivity contribution in [2.75, 3.05) is 42.6 Å². The maximum Gasteiger partial charge on any atom is 0.138 e. The van der Waals surface area contributed by atoms with Gasteiger partial charge in [-0.1, -0.05) is 59.7 Å². The van der Waals surface area contributed by atoms with Gasteiger partial charge in [-0.25, -0.2) is 0 Å². The van der Waals surface area contributed by atoms with Crippen molar-refractivity contribution in [1.82, 2.24) is 9.80 Å². The van der Waals surface area contributed by atoms with Crippen LogP contribution < -0.4 is 9.80 Å². The maximum absolute atomic E-state index is 10.3. The van der Waals surface area contributed by atoms with Gasteiger partial charge in [0, 0.05) is 59.2 Å². The molecule has 2 aliphatic carbocycles. The molecular formula is C38H42N4O2. The Labute approximate surface area is 259 Å². The molecule has 2 aromatic rings. The average molecular weight is 587 g/mol. The molecule has 0 amide bonds. The fourth-order valence-corrected chi connectivity index (χ4v) is 14.2. The van der Waals surface area contributed by atoms with Crippen molar-refractivity contribution in [3.05, 3.63) is 83.0 Å². The van der Waals surface area contributed by atoms with E-state index in [1.807, 2.05) is 0 Å². The first kappa shape index (κ1) is 24.6. The summed E-state index contributed by atoms with van der Waals surface area (Å²) in [6.07, 6.45) is 9.77. The highest BCUT2D eigenvalue weighted by Gasteiger charge is 2.78. The summed E-state index contributed by atoms with van der Waals surface area (Å²) in [6.45, 7) is 6.94. The summed E-state index contributed by atoms with van der Waals surface area (Å²) in [4.78, 5) is 11.5. The molecule has 6 saturated heterocycles. The number of ether oxygens (including phenoxy) is 1. The van der Waals surface area contributed by atoms with E-state index in [9.17, 15) is 5.11 Å². The highest BCUT2D eigenvalue weighted by atomic mass is 16.5. The van der Waals surface area contributed by atoms with E-state index in [0.29, 0.717) is 47.8 Å². The number of aliphatic hydroxyl groups is 1. The number of fused-ring (bicyclic) bond motifs is 14. The van der Waals surface area contributed by atoms with Crippen LogP contribution in [0.25, 0.3) is 0 Å². The van der Waals surface area contributed by atoms with Gasteiger partial charge >= 0.3 is 0 Å². The molecule has 0 unspecified atom stereocenters. The van der Waals surface area contributed by atoms with Crippen LogP contribution >= 0.6 is 0 Å². The number of anilines is 2. The van der Waals surface area contributed by atoms with Gasteiger partial charge in [-0.05, 0) is 80.8 Å². The Morgan fingerprint density at radius 2 is 1.30 bits per heavy atom. The van der Waals surface area contributed by atoms with E-state index in [4.69, 9.17) is 4.74 Å². The number of piperidine rings is 2. The summed E-state index contributed by atoms with van der Waals surface area (Å²) in [7, 11) is 0. The summed E-state index contributed by atoms with van der Waals surface area (Å²) in [5.74, 6) is 1.82. The Kier molecular flexibility index (Phi) is 4.37. The van der Waals surface area contributed by atoms with Crippen LogP contribution in [0, 0.1) is 23.7 Å². The fraction of sp³-hybridized carbons (Fsp3) is 0.579. The van der Waals surface area contributed by atoms with Crippen LogP contribution in [0.15, 0.2) is 71.8 Å². The molecule has 0 radical (unpaired) electrons. The van der Waals surface area contributed by atoms with Crippen molar-refractivity contribution in [3.63, 3.8) is 0 Å². The van der Waals surface area contributed by atoms with Gasteiger partial charge in [-0.15, -0.1) is 0 Å². The molecule has 6 heteroatoms. The molecular weight excluding hydrogens is 544 g/mol. The Bertz CT molecular complexity index is 1690. The molecule has 226 valence electrons. The van der Waals surface area contributed by atoms with Crippen LogP contribution in [-0.2, 0) is 15.6 Å². The number of hydrogen-bond donors (Lipinski definition) is 1. The molecule has 12 rings (SSSR count). The van der Waals surface area contributed by atoms with E-state index in [-0.39, 0.29) is 29.9 Å². The number of benzene rings is 2. The monoisotopic (exact) mass is 586 g/mol. The predicted molar refractivity (Wildman–Crippen MR) is 170 cm³/mol. The molecule has 0 aromatic heterocycles. The topological polar surface area (TPSA) is 42.4 Å². The lowest BCUT2D eigenvalue weighted by molar-refractivity contribution is -0.198. The van der Waals surface area contributed by atoms with Gasteiger partial charge in [0.25, 0.3) is 0 Å². The fourth-order valence-electron chi connectivity index (χ4n) is 14.2. The summed E-state index contributed by atoms with van der Waals surface area (Å²) >= 11 is 0. The summed E-state index contributed by atoms with van der Waals surface area (Å²) in [6, 6.07) is 21.2. The van der Waals surface area contributed by atoms with Gasteiger partial charge in [0.2, 0.25) is 0 Å². The summed E-state index contributed by atoms with van der Waals surface area (Å²) in [5.41, 5.74) is 9.63. The van der Waals surface area contributed by atoms with Gasteiger partial charge in [-0.2, -0.15) is 0 Å². The minimum atomic E-state index is 0.0661. The molecule has 8 aliphatic heterocycles. The van der Waals surface area contributed by atoms with Crippen LogP contribution in [0.5, 0.6) is 0 Å². The molecule has 6 nitrogen and oxygen atoms in total. The minimum Gasteiger partial charge on any atom is -0.392 e. The highest BCUT2D eigenvalue weighted by Crippen LogP contribution is 2.72. The van der Waals surface area contributed by atoms with E-state index in [1.165, 1.54) is 49.2 Å². The van der Waals surface area contributed by atoms with Crippen LogP contribution in [0.4, 0.5) is 11.4 Å². The molecule has 44 heavy (non-hydrogen) atoms. The largest absolute Gasteiger partial charge is 0.392 e. The highest BCUT2D eigenvalue weighted by molar-refractivity contribution is 5.73. The number of rotatable bonds is 1. The zero-order chi connectivity index (χ0) is 28.7. The van der Waals surface area contributed by atoms with Gasteiger partial charge in [0.05, 0.1) is 18.7 Å². The maximum atomic E-state index is 10.3. The number of nitrogens with zero attached hydrogens (tertiary/aromatic N) is 4. The minimum absolute atomic E-state index is 0.0661. The van der Waals surface area contributed by atoms with Crippen molar-refractivity contribution < 1.29 is 9.84 Å². The molecule has 12 atom stereocenters. The molecule has 10 aliphatic rings. The van der Waals surface area contributed by atoms with E-state index in [2.05, 4.69) is 87.2 Å². The predicted octanol–water partition coefficient (Wildman–Crippen LogP) is 4.25. The standard InChI is InChI=1S/C38H42N4O2/c1-2-21-19-39-14-12-37-25-7-3-5-9-27(25)41-33(37)31(23(21)17-29(37)39)35-42-28-10-6-4-8-26(28)38-13-15-40-20-22(11-16-43)24(18-30(38)40)32(34(38)42)36(41)44-35/h2-11,23-24,29-36,43H,12-20H2,1H3/b21-2?,22-11-/t23-,24+,29-,30-,31-,32-,33-,34-,35+,36-,37+,38+/m0/s1. The molecule has 8 heterocycles. The lowest BCUT2D eigenvalue weighted by Crippen LogP contribution is -2.81. The lowest BCUT2D eigenvalue weighted by Gasteiger charge is -2.69. The van der Waals surface area contributed by atoms with Gasteiger partial charge in [0.15, 0.2) is 0 Å². The molecule has 2 saturated carbocycles. The Morgan fingerprint density at radius 3 is 1.84 bits per heavy atom. The quantitative estimate of drug-likeness (QED) is 0.505. The third-order valence-corrected chi connectivity index (χ3v) is 15.3. The first-order valence-corrected chi connectivity index (χ1v) is 17.5. The first-order chi connectivity index (χ1) is 21.7. The Balaban J connectivity index is 1.15. The van der Waals surface area contributed by atoms with Crippen LogP contribution in [0.3, 0.4) is 0 Å². The second-order valence-corrected chi connectivity index (χ2v) is 15.9. The average Bonchev–Trinajstić information content (AvgIpc) is 3.81. The molecule has 8 fully saturated rings. The number of para-hydroxylation sites is 2. The number of aliphatic hydroxyl groups excluding tert-OH is 1. The van der Waals surface area contributed by atoms with E-state index >= 15 is 0 Å². The Hall–Kier alpha value is -2.64. The SMILES string of the molecule is CC=C1CN2CC[C@]34c5ccccc5N5[C@H]3[C@@H]([C@H]3O[C@H]5[C@H]5[C@@H]6C[C@@H]7N(CC[C@@]78c7ccccc7N3[C@@H]58)C/C6=C/CO)[C@H]1C[C@H]24. The second-order valence-electron chi connectivity index (χ2n) is 15.9. The summed E-state index contributed by atoms with van der Waals surface area (Å²) < 4.78 is 7.75. The normalized spacial score (nSPS) is 49.8. The number of allylic oxidation sites excluding steroid dienone is 1. The first-order valence-electron chi connectivity index (χ1n) is 17.5. The van der Waals surface area contributed by atoms with Crippen LogP contribution in [0.2, 0.25) is 0 Å². The van der Waals surface area contributed by atoms with Crippen LogP contribution in [-0.4, -0.2) is 84.3 Å². The van der Waals surface area contributed by atoms with Crippen molar-refractivity contribution in [1.29, 1.82) is 0 Å².